The molecular weight excluding hydrogens is 436 g/mol. The molecule has 1 aliphatic rings. The number of thioether (sulfide) groups is 1. The molecule has 172 valence electrons. The van der Waals surface area contributed by atoms with Crippen LogP contribution in [0.25, 0.3) is 0 Å². The van der Waals surface area contributed by atoms with Gasteiger partial charge in [0.15, 0.2) is 6.29 Å². The van der Waals surface area contributed by atoms with Crippen LogP contribution in [0.5, 0.6) is 0 Å². The lowest BCUT2D eigenvalue weighted by molar-refractivity contribution is -0.245. The number of benzene rings is 2. The van der Waals surface area contributed by atoms with Crippen molar-refractivity contribution < 1.29 is 19.4 Å². The second kappa shape index (κ2) is 11.4. The van der Waals surface area contributed by atoms with E-state index in [0.29, 0.717) is 6.54 Å². The van der Waals surface area contributed by atoms with Crippen LogP contribution in [-0.4, -0.2) is 27.9 Å². The number of aliphatic hydroxyl groups excluding tert-OH is 1. The van der Waals surface area contributed by atoms with Crippen molar-refractivity contribution in [3.05, 3.63) is 95.2 Å². The molecule has 33 heavy (non-hydrogen) atoms. The third-order valence-corrected chi connectivity index (χ3v) is 6.54. The van der Waals surface area contributed by atoms with Crippen molar-refractivity contribution in [1.82, 2.24) is 10.3 Å². The van der Waals surface area contributed by atoms with Crippen LogP contribution in [-0.2, 0) is 27.4 Å². The van der Waals surface area contributed by atoms with E-state index in [0.717, 1.165) is 39.5 Å². The molecule has 3 aromatic rings. The monoisotopic (exact) mass is 464 g/mol. The van der Waals surface area contributed by atoms with Crippen molar-refractivity contribution in [3.8, 4) is 0 Å². The van der Waals surface area contributed by atoms with Gasteiger partial charge in [-0.3, -0.25) is 4.79 Å². The summed E-state index contributed by atoms with van der Waals surface area (Å²) in [6, 6.07) is 21.7. The molecule has 2 heterocycles. The number of hydrogen-bond acceptors (Lipinski definition) is 6. The van der Waals surface area contributed by atoms with Crippen LogP contribution in [0.1, 0.15) is 48.0 Å². The predicted octanol–water partition coefficient (Wildman–Crippen LogP) is 4.55. The Morgan fingerprint density at radius 1 is 1.03 bits per heavy atom. The number of rotatable bonds is 8. The maximum Gasteiger partial charge on any atom is 0.217 e. The molecule has 6 nitrogen and oxygen atoms in total. The summed E-state index contributed by atoms with van der Waals surface area (Å²) in [4.78, 5) is 15.6. The highest BCUT2D eigenvalue weighted by Crippen LogP contribution is 2.39. The molecule has 2 aromatic carbocycles. The van der Waals surface area contributed by atoms with E-state index in [4.69, 9.17) is 9.47 Å². The highest BCUT2D eigenvalue weighted by molar-refractivity contribution is 7.99. The van der Waals surface area contributed by atoms with Crippen molar-refractivity contribution in [1.29, 1.82) is 0 Å². The fourth-order valence-electron chi connectivity index (χ4n) is 3.65. The first-order chi connectivity index (χ1) is 16.1. The number of nitrogens with one attached hydrogen (secondary N) is 1. The molecule has 0 radical (unpaired) electrons. The van der Waals surface area contributed by atoms with Gasteiger partial charge in [-0.05, 0) is 28.8 Å². The number of aromatic nitrogens is 1. The van der Waals surface area contributed by atoms with E-state index in [9.17, 15) is 9.90 Å². The Morgan fingerprint density at radius 3 is 2.42 bits per heavy atom. The molecule has 3 atom stereocenters. The van der Waals surface area contributed by atoms with E-state index in [1.165, 1.54) is 6.92 Å². The van der Waals surface area contributed by atoms with Crippen molar-refractivity contribution in [3.63, 3.8) is 0 Å². The van der Waals surface area contributed by atoms with Crippen molar-refractivity contribution in [2.24, 2.45) is 0 Å². The fourth-order valence-corrected chi connectivity index (χ4v) is 4.53. The van der Waals surface area contributed by atoms with Crippen LogP contribution in [0.3, 0.4) is 0 Å². The number of carbonyl (C=O) groups excluding carboxylic acids is 1. The molecule has 1 aromatic heterocycles. The Morgan fingerprint density at radius 2 is 1.76 bits per heavy atom. The minimum atomic E-state index is -0.495. The molecule has 0 unspecified atom stereocenters. The van der Waals surface area contributed by atoms with Gasteiger partial charge in [-0.1, -0.05) is 54.6 Å². The maximum atomic E-state index is 11.2. The van der Waals surface area contributed by atoms with Gasteiger partial charge < -0.3 is 19.9 Å². The fraction of sp³-hybridized carbons (Fsp3) is 0.308. The predicted molar refractivity (Wildman–Crippen MR) is 127 cm³/mol. The zero-order valence-electron chi connectivity index (χ0n) is 18.5. The number of ether oxygens (including phenoxy) is 2. The van der Waals surface area contributed by atoms with E-state index in [-0.39, 0.29) is 24.7 Å². The average molecular weight is 465 g/mol. The minimum Gasteiger partial charge on any atom is -0.392 e. The van der Waals surface area contributed by atoms with Gasteiger partial charge in [-0.15, -0.1) is 11.8 Å². The van der Waals surface area contributed by atoms with Gasteiger partial charge in [0.1, 0.15) is 0 Å². The Balaban J connectivity index is 1.49. The largest absolute Gasteiger partial charge is 0.392 e. The third kappa shape index (κ3) is 6.65. The molecule has 1 aliphatic heterocycles. The van der Waals surface area contributed by atoms with Crippen LogP contribution < -0.4 is 5.32 Å². The zero-order chi connectivity index (χ0) is 23.0. The smallest absolute Gasteiger partial charge is 0.217 e. The van der Waals surface area contributed by atoms with Crippen molar-refractivity contribution in [2.45, 2.75) is 50.0 Å². The number of aliphatic hydroxyl groups is 1. The first kappa shape index (κ1) is 23.4. The van der Waals surface area contributed by atoms with Gasteiger partial charge in [0, 0.05) is 37.4 Å². The van der Waals surface area contributed by atoms with Gasteiger partial charge in [0.2, 0.25) is 5.91 Å². The van der Waals surface area contributed by atoms with Crippen LogP contribution in [0.2, 0.25) is 0 Å². The Hall–Kier alpha value is -2.71. The number of hydrogen-bond donors (Lipinski definition) is 2. The molecule has 1 amide bonds. The summed E-state index contributed by atoms with van der Waals surface area (Å²) in [6.45, 7) is 2.02. The van der Waals surface area contributed by atoms with Gasteiger partial charge >= 0.3 is 0 Å². The normalized spacial score (nSPS) is 20.4. The summed E-state index contributed by atoms with van der Waals surface area (Å²) >= 11 is 1.67. The lowest BCUT2D eigenvalue weighted by atomic mass is 10.0. The SMILES string of the molecule is CC(=O)NCc1ccc([C@H]2O[C@@H](CSc3ccccn3)C[C@@H](c3ccc(CO)cc3)O2)cc1. The number of nitrogens with zero attached hydrogens (tertiary/aromatic N) is 1. The first-order valence-electron chi connectivity index (χ1n) is 11.0. The summed E-state index contributed by atoms with van der Waals surface area (Å²) in [5.41, 5.74) is 3.89. The van der Waals surface area contributed by atoms with Gasteiger partial charge in [-0.2, -0.15) is 0 Å². The van der Waals surface area contributed by atoms with Crippen LogP contribution >= 0.6 is 11.8 Å². The zero-order valence-corrected chi connectivity index (χ0v) is 19.3. The van der Waals surface area contributed by atoms with Crippen molar-refractivity contribution >= 4 is 17.7 Å². The molecule has 1 saturated heterocycles. The molecule has 0 spiro atoms. The molecule has 1 fully saturated rings. The quantitative estimate of drug-likeness (QED) is 0.476. The molecule has 7 heteroatoms. The molecule has 0 aliphatic carbocycles. The summed E-state index contributed by atoms with van der Waals surface area (Å²) in [5, 5.41) is 13.1. The highest BCUT2D eigenvalue weighted by Gasteiger charge is 2.32. The van der Waals surface area contributed by atoms with Crippen LogP contribution in [0, 0.1) is 0 Å². The second-order valence-electron chi connectivity index (χ2n) is 7.98. The van der Waals surface area contributed by atoms with E-state index >= 15 is 0 Å². The molecule has 0 saturated carbocycles. The summed E-state index contributed by atoms with van der Waals surface area (Å²) in [5.74, 6) is 0.712. The average Bonchev–Trinajstić information content (AvgIpc) is 2.87. The lowest BCUT2D eigenvalue weighted by Gasteiger charge is -2.36. The van der Waals surface area contributed by atoms with Gasteiger partial charge in [-0.25, -0.2) is 4.98 Å². The highest BCUT2D eigenvalue weighted by atomic mass is 32.2. The van der Waals surface area contributed by atoms with E-state index in [1.807, 2.05) is 66.7 Å². The van der Waals surface area contributed by atoms with E-state index in [2.05, 4.69) is 10.3 Å². The lowest BCUT2D eigenvalue weighted by Crippen LogP contribution is -2.31. The van der Waals surface area contributed by atoms with Gasteiger partial charge in [0.25, 0.3) is 0 Å². The van der Waals surface area contributed by atoms with Crippen molar-refractivity contribution in [2.75, 3.05) is 5.75 Å². The molecular formula is C26H28N2O4S. The maximum absolute atomic E-state index is 11.2. The standard InChI is InChI=1S/C26H28N2O4S/c1-18(30)28-15-19-5-11-22(12-6-19)26-31-23(17-33-25-4-2-3-13-27-25)14-24(32-26)21-9-7-20(16-29)8-10-21/h2-13,23-24,26,29H,14-17H2,1H3,(H,28,30)/t23-,24+,26+/m1/s1. The van der Waals surface area contributed by atoms with Gasteiger partial charge in [0.05, 0.1) is 23.8 Å². The summed E-state index contributed by atoms with van der Waals surface area (Å²) in [6.07, 6.45) is 1.90. The minimum absolute atomic E-state index is 0.0164. The summed E-state index contributed by atoms with van der Waals surface area (Å²) in [7, 11) is 0. The van der Waals surface area contributed by atoms with Crippen LogP contribution in [0.4, 0.5) is 0 Å². The Kier molecular flexibility index (Phi) is 8.12. The topological polar surface area (TPSA) is 80.7 Å². The third-order valence-electron chi connectivity index (χ3n) is 5.46. The number of carbonyl (C=O) groups is 1. The second-order valence-corrected chi connectivity index (χ2v) is 9.02. The number of pyridine rings is 1. The molecule has 0 bridgehead atoms. The van der Waals surface area contributed by atoms with E-state index in [1.54, 1.807) is 18.0 Å². The Labute approximate surface area is 198 Å². The molecule has 4 rings (SSSR count). The van der Waals surface area contributed by atoms with Crippen LogP contribution in [0.15, 0.2) is 78.0 Å². The summed E-state index contributed by atoms with van der Waals surface area (Å²) < 4.78 is 12.7. The number of amides is 1. The first-order valence-corrected chi connectivity index (χ1v) is 12.0. The molecule has 2 N–H and O–H groups in total. The van der Waals surface area contributed by atoms with E-state index < -0.39 is 6.29 Å². The Bertz CT molecular complexity index is 1030.